The number of benzene rings is 1. The largest absolute Gasteiger partial charge is 0.314 e. The van der Waals surface area contributed by atoms with Crippen molar-refractivity contribution >= 4 is 29.8 Å². The van der Waals surface area contributed by atoms with Crippen LogP contribution in [-0.4, -0.2) is 29.8 Å². The molecule has 1 N–H and O–H groups in total. The van der Waals surface area contributed by atoms with Gasteiger partial charge in [-0.2, -0.15) is 0 Å². The number of hydrogen-bond donors (Lipinski definition) is 1. The minimum absolute atomic E-state index is 0. The van der Waals surface area contributed by atoms with Gasteiger partial charge in [-0.15, -0.1) is 12.4 Å². The number of anilines is 1. The van der Waals surface area contributed by atoms with Crippen LogP contribution in [0.2, 0.25) is 0 Å². The Morgan fingerprint density at radius 2 is 2.14 bits per heavy atom. The van der Waals surface area contributed by atoms with Gasteiger partial charge in [0.25, 0.3) is 0 Å². The van der Waals surface area contributed by atoms with E-state index in [0.717, 1.165) is 0 Å². The maximum Gasteiger partial charge on any atom is 0.235 e. The molecule has 2 aliphatic heterocycles. The molecule has 1 aromatic rings. The second kappa shape index (κ2) is 5.73. The number of Topliss-reactive ketones (excluding diaryl/α,β-unsaturated/α-hetero) is 1. The summed E-state index contributed by atoms with van der Waals surface area (Å²) >= 11 is 0. The third-order valence-electron chi connectivity index (χ3n) is 4.25. The number of amides is 1. The first-order valence-electron chi connectivity index (χ1n) is 6.88. The maximum absolute atomic E-state index is 13.4. The van der Waals surface area contributed by atoms with Gasteiger partial charge in [-0.05, 0) is 44.5 Å². The molecule has 4 nitrogen and oxygen atoms in total. The molecule has 1 aromatic carbocycles. The molecule has 2 heterocycles. The number of ketones is 1. The first-order valence-corrected chi connectivity index (χ1v) is 6.88. The van der Waals surface area contributed by atoms with Gasteiger partial charge in [-0.3, -0.25) is 14.5 Å². The molecule has 114 valence electrons. The normalized spacial score (nSPS) is 28.9. The van der Waals surface area contributed by atoms with Crippen LogP contribution in [0.3, 0.4) is 0 Å². The third kappa shape index (κ3) is 2.56. The van der Waals surface area contributed by atoms with Crippen LogP contribution in [0.1, 0.15) is 26.2 Å². The van der Waals surface area contributed by atoms with Crippen molar-refractivity contribution in [3.63, 3.8) is 0 Å². The van der Waals surface area contributed by atoms with Gasteiger partial charge in [-0.25, -0.2) is 4.39 Å². The summed E-state index contributed by atoms with van der Waals surface area (Å²) in [5.41, 5.74) is -0.315. The molecule has 2 saturated heterocycles. The number of carbonyl (C=O) groups is 2. The van der Waals surface area contributed by atoms with E-state index in [9.17, 15) is 14.0 Å². The Hall–Kier alpha value is -1.46. The molecule has 0 aromatic heterocycles. The van der Waals surface area contributed by atoms with Crippen molar-refractivity contribution < 1.29 is 14.0 Å². The van der Waals surface area contributed by atoms with Crippen LogP contribution in [0.4, 0.5) is 10.1 Å². The molecular formula is C15H18ClFN2O2. The van der Waals surface area contributed by atoms with E-state index in [-0.39, 0.29) is 36.6 Å². The molecule has 21 heavy (non-hydrogen) atoms. The molecule has 2 fully saturated rings. The van der Waals surface area contributed by atoms with Gasteiger partial charge in [-0.1, -0.05) is 6.07 Å². The average molecular weight is 313 g/mol. The summed E-state index contributed by atoms with van der Waals surface area (Å²) in [7, 11) is 0. The summed E-state index contributed by atoms with van der Waals surface area (Å²) < 4.78 is 13.4. The first kappa shape index (κ1) is 15.9. The molecule has 1 spiro atoms. The number of carbonyl (C=O) groups excluding carboxylic acids is 2. The van der Waals surface area contributed by atoms with Gasteiger partial charge in [0.05, 0.1) is 6.42 Å². The predicted molar refractivity (Wildman–Crippen MR) is 80.2 cm³/mol. The molecule has 0 radical (unpaired) electrons. The zero-order valence-corrected chi connectivity index (χ0v) is 12.6. The van der Waals surface area contributed by atoms with Gasteiger partial charge in [0.2, 0.25) is 5.91 Å². The van der Waals surface area contributed by atoms with Gasteiger partial charge in [0, 0.05) is 11.7 Å². The molecule has 6 heteroatoms. The lowest BCUT2D eigenvalue weighted by Gasteiger charge is -2.42. The standard InChI is InChI=1S/C15H17FN2O2.ClH/c1-10-9-15(5-6-17-10)13(19)8-14(20)18(15)12-4-2-3-11(16)7-12;/h2-4,7,10,17H,5-6,8-9H2,1H3;1H/t10-,15+;/m1./s1. The monoisotopic (exact) mass is 312 g/mol. The van der Waals surface area contributed by atoms with Gasteiger partial charge in [0.1, 0.15) is 11.4 Å². The number of halogens is 2. The van der Waals surface area contributed by atoms with E-state index in [0.29, 0.717) is 25.1 Å². The second-order valence-electron chi connectivity index (χ2n) is 5.65. The summed E-state index contributed by atoms with van der Waals surface area (Å²) in [5, 5.41) is 3.29. The predicted octanol–water partition coefficient (Wildman–Crippen LogP) is 2.06. The van der Waals surface area contributed by atoms with E-state index in [1.807, 2.05) is 6.92 Å². The van der Waals surface area contributed by atoms with Crippen LogP contribution in [0.5, 0.6) is 0 Å². The lowest BCUT2D eigenvalue weighted by molar-refractivity contribution is -0.124. The second-order valence-corrected chi connectivity index (χ2v) is 5.65. The highest BCUT2D eigenvalue weighted by molar-refractivity contribution is 6.19. The van der Waals surface area contributed by atoms with Crippen molar-refractivity contribution in [1.82, 2.24) is 5.32 Å². The molecule has 2 aliphatic rings. The molecule has 0 unspecified atom stereocenters. The van der Waals surface area contributed by atoms with Crippen molar-refractivity contribution in [3.05, 3.63) is 30.1 Å². The van der Waals surface area contributed by atoms with Crippen LogP contribution >= 0.6 is 12.4 Å². The number of rotatable bonds is 1. The zero-order valence-electron chi connectivity index (χ0n) is 11.8. The lowest BCUT2D eigenvalue weighted by atomic mass is 9.81. The Labute approximate surface area is 129 Å². The van der Waals surface area contributed by atoms with Crippen LogP contribution in [0.25, 0.3) is 0 Å². The molecule has 0 bridgehead atoms. The molecule has 0 saturated carbocycles. The van der Waals surface area contributed by atoms with E-state index in [4.69, 9.17) is 0 Å². The van der Waals surface area contributed by atoms with E-state index in [1.165, 1.54) is 17.0 Å². The summed E-state index contributed by atoms with van der Waals surface area (Å²) in [6.07, 6.45) is 1.08. The third-order valence-corrected chi connectivity index (χ3v) is 4.25. The fraction of sp³-hybridized carbons (Fsp3) is 0.467. The van der Waals surface area contributed by atoms with Crippen molar-refractivity contribution in [3.8, 4) is 0 Å². The van der Waals surface area contributed by atoms with Crippen molar-refractivity contribution in [2.24, 2.45) is 0 Å². The first-order chi connectivity index (χ1) is 9.53. The van der Waals surface area contributed by atoms with Crippen LogP contribution in [-0.2, 0) is 9.59 Å². The Bertz CT molecular complexity index is 581. The van der Waals surface area contributed by atoms with Crippen molar-refractivity contribution in [1.29, 1.82) is 0 Å². The molecule has 3 rings (SSSR count). The quantitative estimate of drug-likeness (QED) is 0.808. The highest BCUT2D eigenvalue weighted by Crippen LogP contribution is 2.40. The summed E-state index contributed by atoms with van der Waals surface area (Å²) in [6.45, 7) is 2.69. The smallest absolute Gasteiger partial charge is 0.235 e. The summed E-state index contributed by atoms with van der Waals surface area (Å²) in [4.78, 5) is 26.2. The SMILES string of the molecule is C[C@@H]1C[C@@]2(CCN1)C(=O)CC(=O)N2c1cccc(F)c1.Cl. The van der Waals surface area contributed by atoms with E-state index in [2.05, 4.69) is 5.32 Å². The van der Waals surface area contributed by atoms with E-state index in [1.54, 1.807) is 12.1 Å². The van der Waals surface area contributed by atoms with E-state index < -0.39 is 11.4 Å². The van der Waals surface area contributed by atoms with Crippen LogP contribution in [0.15, 0.2) is 24.3 Å². The summed E-state index contributed by atoms with van der Waals surface area (Å²) in [6, 6.07) is 6.08. The zero-order chi connectivity index (χ0) is 14.3. The number of hydrogen-bond acceptors (Lipinski definition) is 3. The lowest BCUT2D eigenvalue weighted by Crippen LogP contribution is -2.58. The molecular weight excluding hydrogens is 295 g/mol. The minimum Gasteiger partial charge on any atom is -0.314 e. The average Bonchev–Trinajstić information content (AvgIpc) is 2.60. The number of nitrogens with one attached hydrogen (secondary N) is 1. The molecule has 0 aliphatic carbocycles. The van der Waals surface area contributed by atoms with Gasteiger partial charge < -0.3 is 5.32 Å². The molecule has 1 amide bonds. The number of nitrogens with zero attached hydrogens (tertiary/aromatic N) is 1. The fourth-order valence-corrected chi connectivity index (χ4v) is 3.41. The van der Waals surface area contributed by atoms with Gasteiger partial charge in [0.15, 0.2) is 5.78 Å². The maximum atomic E-state index is 13.4. The van der Waals surface area contributed by atoms with Crippen LogP contribution in [0, 0.1) is 5.82 Å². The topological polar surface area (TPSA) is 49.4 Å². The Morgan fingerprint density at radius 3 is 2.81 bits per heavy atom. The van der Waals surface area contributed by atoms with Crippen LogP contribution < -0.4 is 10.2 Å². The highest BCUT2D eigenvalue weighted by atomic mass is 35.5. The summed E-state index contributed by atoms with van der Waals surface area (Å²) in [5.74, 6) is -0.665. The molecule has 2 atom stereocenters. The van der Waals surface area contributed by atoms with Gasteiger partial charge >= 0.3 is 0 Å². The Kier molecular flexibility index (Phi) is 4.35. The Balaban J connectivity index is 0.00000161. The number of piperidine rings is 1. The Morgan fingerprint density at radius 1 is 1.38 bits per heavy atom. The van der Waals surface area contributed by atoms with Crippen molar-refractivity contribution in [2.45, 2.75) is 37.8 Å². The van der Waals surface area contributed by atoms with Crippen molar-refractivity contribution in [2.75, 3.05) is 11.4 Å². The minimum atomic E-state index is -0.796. The highest BCUT2D eigenvalue weighted by Gasteiger charge is 2.54. The van der Waals surface area contributed by atoms with E-state index >= 15 is 0 Å². The fourth-order valence-electron chi connectivity index (χ4n) is 3.41.